The van der Waals surface area contributed by atoms with Crippen LogP contribution in [0.4, 0.5) is 0 Å². The SMILES string of the molecule is COc1ccc(C(C)NCCO)cc1CN1CCCCC1. The molecule has 4 nitrogen and oxygen atoms in total. The van der Waals surface area contributed by atoms with E-state index < -0.39 is 0 Å². The number of rotatable bonds is 7. The fourth-order valence-electron chi connectivity index (χ4n) is 2.95. The molecule has 1 fully saturated rings. The van der Waals surface area contributed by atoms with Crippen molar-refractivity contribution in [2.75, 3.05) is 33.4 Å². The number of nitrogens with zero attached hydrogens (tertiary/aromatic N) is 1. The number of hydrogen-bond acceptors (Lipinski definition) is 4. The lowest BCUT2D eigenvalue weighted by molar-refractivity contribution is 0.218. The minimum absolute atomic E-state index is 0.168. The summed E-state index contributed by atoms with van der Waals surface area (Å²) in [5, 5.41) is 12.2. The third-order valence-corrected chi connectivity index (χ3v) is 4.21. The van der Waals surface area contributed by atoms with Gasteiger partial charge in [-0.05, 0) is 50.6 Å². The predicted molar refractivity (Wildman–Crippen MR) is 85.6 cm³/mol. The smallest absolute Gasteiger partial charge is 0.123 e. The molecule has 2 N–H and O–H groups in total. The van der Waals surface area contributed by atoms with Crippen LogP contribution < -0.4 is 10.1 Å². The first kappa shape index (κ1) is 16.3. The van der Waals surface area contributed by atoms with Gasteiger partial charge in [-0.1, -0.05) is 12.5 Å². The van der Waals surface area contributed by atoms with E-state index in [-0.39, 0.29) is 12.6 Å². The van der Waals surface area contributed by atoms with Crippen LogP contribution in [0.25, 0.3) is 0 Å². The molecule has 0 aliphatic carbocycles. The number of ether oxygens (including phenoxy) is 1. The van der Waals surface area contributed by atoms with Crippen LogP contribution in [-0.4, -0.2) is 43.4 Å². The molecular formula is C17H28N2O2. The lowest BCUT2D eigenvalue weighted by Crippen LogP contribution is -2.29. The Morgan fingerprint density at radius 2 is 2.05 bits per heavy atom. The number of hydrogen-bond donors (Lipinski definition) is 2. The third kappa shape index (κ3) is 4.70. The molecule has 0 aromatic heterocycles. The fraction of sp³-hybridized carbons (Fsp3) is 0.647. The Kier molecular flexibility index (Phi) is 6.49. The average Bonchev–Trinajstić information content (AvgIpc) is 2.53. The first-order valence-corrected chi connectivity index (χ1v) is 7.98. The van der Waals surface area contributed by atoms with Crippen molar-refractivity contribution < 1.29 is 9.84 Å². The average molecular weight is 292 g/mol. The van der Waals surface area contributed by atoms with Gasteiger partial charge in [0.1, 0.15) is 5.75 Å². The van der Waals surface area contributed by atoms with Crippen molar-refractivity contribution in [3.05, 3.63) is 29.3 Å². The van der Waals surface area contributed by atoms with Crippen LogP contribution >= 0.6 is 0 Å². The Morgan fingerprint density at radius 3 is 2.71 bits per heavy atom. The van der Waals surface area contributed by atoms with E-state index in [1.807, 2.05) is 0 Å². The van der Waals surface area contributed by atoms with Crippen LogP contribution in [0.1, 0.15) is 43.4 Å². The number of methoxy groups -OCH3 is 1. The lowest BCUT2D eigenvalue weighted by atomic mass is 10.0. The topological polar surface area (TPSA) is 44.7 Å². The summed E-state index contributed by atoms with van der Waals surface area (Å²) in [6.45, 7) is 6.25. The van der Waals surface area contributed by atoms with Crippen LogP contribution in [0.15, 0.2) is 18.2 Å². The molecule has 1 unspecified atom stereocenters. The molecule has 21 heavy (non-hydrogen) atoms. The molecule has 0 radical (unpaired) electrons. The highest BCUT2D eigenvalue weighted by Gasteiger charge is 2.15. The number of piperidine rings is 1. The molecule has 1 aromatic carbocycles. The van der Waals surface area contributed by atoms with Gasteiger partial charge in [0.05, 0.1) is 13.7 Å². The highest BCUT2D eigenvalue weighted by atomic mass is 16.5. The summed E-state index contributed by atoms with van der Waals surface area (Å²) >= 11 is 0. The minimum Gasteiger partial charge on any atom is -0.496 e. The Bertz CT molecular complexity index is 431. The van der Waals surface area contributed by atoms with Gasteiger partial charge in [-0.3, -0.25) is 4.90 Å². The van der Waals surface area contributed by atoms with Crippen molar-refractivity contribution >= 4 is 0 Å². The molecule has 0 saturated carbocycles. The maximum absolute atomic E-state index is 8.93. The van der Waals surface area contributed by atoms with Crippen LogP contribution in [0.2, 0.25) is 0 Å². The van der Waals surface area contributed by atoms with Crippen molar-refractivity contribution in [1.29, 1.82) is 0 Å². The van der Waals surface area contributed by atoms with Crippen molar-refractivity contribution in [3.8, 4) is 5.75 Å². The molecule has 1 aliphatic rings. The molecule has 1 atom stereocenters. The van der Waals surface area contributed by atoms with Crippen molar-refractivity contribution in [2.45, 2.75) is 38.8 Å². The zero-order valence-electron chi connectivity index (χ0n) is 13.3. The molecule has 0 bridgehead atoms. The highest BCUT2D eigenvalue weighted by molar-refractivity contribution is 5.38. The van der Waals surface area contributed by atoms with Crippen molar-refractivity contribution in [2.24, 2.45) is 0 Å². The summed E-state index contributed by atoms with van der Waals surface area (Å²) in [4.78, 5) is 2.51. The van der Waals surface area contributed by atoms with Gasteiger partial charge in [-0.25, -0.2) is 0 Å². The van der Waals surface area contributed by atoms with Gasteiger partial charge in [0.25, 0.3) is 0 Å². The second-order valence-corrected chi connectivity index (χ2v) is 5.81. The summed E-state index contributed by atoms with van der Waals surface area (Å²) in [6, 6.07) is 6.64. The lowest BCUT2D eigenvalue weighted by Gasteiger charge is -2.27. The molecule has 1 heterocycles. The zero-order valence-corrected chi connectivity index (χ0v) is 13.3. The first-order chi connectivity index (χ1) is 10.2. The Morgan fingerprint density at radius 1 is 1.29 bits per heavy atom. The Labute approximate surface area is 128 Å². The van der Waals surface area contributed by atoms with E-state index in [0.717, 1.165) is 12.3 Å². The van der Waals surface area contributed by atoms with Gasteiger partial charge >= 0.3 is 0 Å². The largest absolute Gasteiger partial charge is 0.496 e. The van der Waals surface area contributed by atoms with E-state index in [2.05, 4.69) is 35.3 Å². The molecule has 1 saturated heterocycles. The highest BCUT2D eigenvalue weighted by Crippen LogP contribution is 2.25. The van der Waals surface area contributed by atoms with Crippen LogP contribution in [0, 0.1) is 0 Å². The molecule has 118 valence electrons. The van der Waals surface area contributed by atoms with Gasteiger partial charge in [0.2, 0.25) is 0 Å². The van der Waals surface area contributed by atoms with Gasteiger partial charge in [-0.15, -0.1) is 0 Å². The number of benzene rings is 1. The van der Waals surface area contributed by atoms with E-state index in [1.54, 1.807) is 7.11 Å². The Hall–Kier alpha value is -1.10. The van der Waals surface area contributed by atoms with E-state index in [1.165, 1.54) is 43.5 Å². The standard InChI is InChI=1S/C17H28N2O2/c1-14(18-8-11-20)15-6-7-17(21-2)16(12-15)13-19-9-4-3-5-10-19/h6-7,12,14,18,20H,3-5,8-11,13H2,1-2H3. The predicted octanol–water partition coefficient (Wildman–Crippen LogP) is 2.32. The molecule has 4 heteroatoms. The molecule has 2 rings (SSSR count). The van der Waals surface area contributed by atoms with Crippen LogP contribution in [0.5, 0.6) is 5.75 Å². The molecule has 0 amide bonds. The zero-order chi connectivity index (χ0) is 15.1. The minimum atomic E-state index is 0.168. The van der Waals surface area contributed by atoms with Gasteiger partial charge in [0, 0.05) is 24.7 Å². The Balaban J connectivity index is 2.09. The second-order valence-electron chi connectivity index (χ2n) is 5.81. The number of likely N-dealkylation sites (tertiary alicyclic amines) is 1. The fourth-order valence-corrected chi connectivity index (χ4v) is 2.95. The van der Waals surface area contributed by atoms with Gasteiger partial charge < -0.3 is 15.2 Å². The normalized spacial score (nSPS) is 17.7. The molecule has 1 aliphatic heterocycles. The van der Waals surface area contributed by atoms with Crippen molar-refractivity contribution in [3.63, 3.8) is 0 Å². The van der Waals surface area contributed by atoms with E-state index >= 15 is 0 Å². The molecular weight excluding hydrogens is 264 g/mol. The van der Waals surface area contributed by atoms with Gasteiger partial charge in [0.15, 0.2) is 0 Å². The van der Waals surface area contributed by atoms with Crippen LogP contribution in [-0.2, 0) is 6.54 Å². The second kappa shape index (κ2) is 8.37. The van der Waals surface area contributed by atoms with E-state index in [9.17, 15) is 0 Å². The van der Waals surface area contributed by atoms with Gasteiger partial charge in [-0.2, -0.15) is 0 Å². The first-order valence-electron chi connectivity index (χ1n) is 7.98. The maximum Gasteiger partial charge on any atom is 0.123 e. The summed E-state index contributed by atoms with van der Waals surface area (Å²) in [6.07, 6.45) is 3.96. The monoisotopic (exact) mass is 292 g/mol. The summed E-state index contributed by atoms with van der Waals surface area (Å²) < 4.78 is 5.52. The van der Waals surface area contributed by atoms with E-state index in [0.29, 0.717) is 6.54 Å². The maximum atomic E-state index is 8.93. The number of aliphatic hydroxyl groups is 1. The molecule has 1 aromatic rings. The van der Waals surface area contributed by atoms with E-state index in [4.69, 9.17) is 9.84 Å². The summed E-state index contributed by atoms with van der Waals surface area (Å²) in [5.41, 5.74) is 2.51. The van der Waals surface area contributed by atoms with Crippen LogP contribution in [0.3, 0.4) is 0 Å². The quantitative estimate of drug-likeness (QED) is 0.809. The number of aliphatic hydroxyl groups excluding tert-OH is 1. The summed E-state index contributed by atoms with van der Waals surface area (Å²) in [5.74, 6) is 0.971. The summed E-state index contributed by atoms with van der Waals surface area (Å²) in [7, 11) is 1.74. The van der Waals surface area contributed by atoms with Crippen molar-refractivity contribution in [1.82, 2.24) is 10.2 Å². The molecule has 0 spiro atoms. The third-order valence-electron chi connectivity index (χ3n) is 4.21. The number of nitrogens with one attached hydrogen (secondary N) is 1.